The average molecular weight is 230 g/mol. The summed E-state index contributed by atoms with van der Waals surface area (Å²) in [6.45, 7) is 11.2. The first kappa shape index (κ1) is 12.8. The molecule has 0 aromatic rings. The van der Waals surface area contributed by atoms with Crippen LogP contribution in [-0.2, 0) is 4.74 Å². The maximum atomic E-state index is 5.45. The van der Waals surface area contributed by atoms with Gasteiger partial charge in [0.15, 0.2) is 5.17 Å². The van der Waals surface area contributed by atoms with Gasteiger partial charge in [-0.3, -0.25) is 4.99 Å². The lowest BCUT2D eigenvalue weighted by Gasteiger charge is -2.12. The Labute approximate surface area is 97.1 Å². The highest BCUT2D eigenvalue weighted by molar-refractivity contribution is 8.14. The van der Waals surface area contributed by atoms with Crippen LogP contribution in [0, 0.1) is 5.92 Å². The van der Waals surface area contributed by atoms with Gasteiger partial charge in [0.1, 0.15) is 0 Å². The number of ether oxygens (including phenoxy) is 1. The van der Waals surface area contributed by atoms with Crippen LogP contribution in [0.4, 0.5) is 0 Å². The highest BCUT2D eigenvalue weighted by atomic mass is 32.2. The molecule has 0 aliphatic carbocycles. The monoisotopic (exact) mass is 230 g/mol. The third kappa shape index (κ3) is 4.89. The molecule has 15 heavy (non-hydrogen) atoms. The molecule has 1 heterocycles. The van der Waals surface area contributed by atoms with Gasteiger partial charge in [0.25, 0.3) is 0 Å². The van der Waals surface area contributed by atoms with Crippen molar-refractivity contribution in [2.75, 3.05) is 19.7 Å². The smallest absolute Gasteiger partial charge is 0.157 e. The van der Waals surface area contributed by atoms with Gasteiger partial charge >= 0.3 is 0 Å². The SMILES string of the molecule is CC(C)OCCNC1=NCC(C(C)C)S1. The van der Waals surface area contributed by atoms with Gasteiger partial charge in [0.2, 0.25) is 0 Å². The fourth-order valence-electron chi connectivity index (χ4n) is 1.29. The summed E-state index contributed by atoms with van der Waals surface area (Å²) in [5.74, 6) is 0.699. The topological polar surface area (TPSA) is 33.6 Å². The van der Waals surface area contributed by atoms with E-state index in [1.165, 1.54) is 0 Å². The molecule has 3 nitrogen and oxygen atoms in total. The molecule has 1 rings (SSSR count). The molecule has 0 aromatic heterocycles. The van der Waals surface area contributed by atoms with Crippen LogP contribution in [0.15, 0.2) is 4.99 Å². The summed E-state index contributed by atoms with van der Waals surface area (Å²) in [5, 5.41) is 5.05. The zero-order chi connectivity index (χ0) is 11.3. The Bertz CT molecular complexity index is 217. The Hall–Kier alpha value is -0.220. The van der Waals surface area contributed by atoms with Gasteiger partial charge < -0.3 is 10.1 Å². The molecular weight excluding hydrogens is 208 g/mol. The first-order valence-corrected chi connectivity index (χ1v) is 6.54. The van der Waals surface area contributed by atoms with Crippen molar-refractivity contribution in [1.29, 1.82) is 0 Å². The van der Waals surface area contributed by atoms with Gasteiger partial charge in [-0.25, -0.2) is 0 Å². The molecule has 0 amide bonds. The predicted octanol–water partition coefficient (Wildman–Crippen LogP) is 2.13. The van der Waals surface area contributed by atoms with Gasteiger partial charge in [-0.2, -0.15) is 0 Å². The van der Waals surface area contributed by atoms with Crippen molar-refractivity contribution in [3.63, 3.8) is 0 Å². The summed E-state index contributed by atoms with van der Waals surface area (Å²) >= 11 is 1.86. The number of nitrogens with one attached hydrogen (secondary N) is 1. The maximum Gasteiger partial charge on any atom is 0.157 e. The second-order valence-corrected chi connectivity index (χ2v) is 5.62. The molecule has 0 fully saturated rings. The van der Waals surface area contributed by atoms with Crippen molar-refractivity contribution < 1.29 is 4.74 Å². The van der Waals surface area contributed by atoms with Gasteiger partial charge in [-0.05, 0) is 19.8 Å². The molecule has 88 valence electrons. The molecule has 0 spiro atoms. The van der Waals surface area contributed by atoms with Crippen molar-refractivity contribution in [2.45, 2.75) is 39.0 Å². The summed E-state index contributed by atoms with van der Waals surface area (Å²) in [4.78, 5) is 4.47. The first-order valence-electron chi connectivity index (χ1n) is 5.66. The Morgan fingerprint density at radius 1 is 1.47 bits per heavy atom. The predicted molar refractivity (Wildman–Crippen MR) is 67.6 cm³/mol. The minimum absolute atomic E-state index is 0.313. The lowest BCUT2D eigenvalue weighted by Crippen LogP contribution is -2.25. The van der Waals surface area contributed by atoms with Crippen LogP contribution >= 0.6 is 11.8 Å². The normalized spacial score (nSPS) is 21.2. The fraction of sp³-hybridized carbons (Fsp3) is 0.909. The number of aliphatic imine (C=N–C) groups is 1. The van der Waals surface area contributed by atoms with Gasteiger partial charge in [0, 0.05) is 11.8 Å². The van der Waals surface area contributed by atoms with E-state index in [-0.39, 0.29) is 0 Å². The van der Waals surface area contributed by atoms with Crippen LogP contribution in [0.3, 0.4) is 0 Å². The van der Waals surface area contributed by atoms with Crippen molar-refractivity contribution in [2.24, 2.45) is 10.9 Å². The fourth-order valence-corrected chi connectivity index (χ4v) is 2.33. The number of nitrogens with zero attached hydrogens (tertiary/aromatic N) is 1. The molecule has 1 N–H and O–H groups in total. The quantitative estimate of drug-likeness (QED) is 0.735. The van der Waals surface area contributed by atoms with E-state index in [9.17, 15) is 0 Å². The standard InChI is InChI=1S/C11H22N2OS/c1-8(2)10-7-13-11(15-10)12-5-6-14-9(3)4/h8-10H,5-7H2,1-4H3,(H,12,13). The summed E-state index contributed by atoms with van der Waals surface area (Å²) < 4.78 is 5.45. The van der Waals surface area contributed by atoms with E-state index in [1.54, 1.807) is 0 Å². The minimum atomic E-state index is 0.313. The summed E-state index contributed by atoms with van der Waals surface area (Å²) in [5.41, 5.74) is 0. The number of rotatable bonds is 5. The third-order valence-electron chi connectivity index (χ3n) is 2.25. The number of hydrogen-bond donors (Lipinski definition) is 1. The zero-order valence-electron chi connectivity index (χ0n) is 10.1. The van der Waals surface area contributed by atoms with Crippen molar-refractivity contribution in [3.8, 4) is 0 Å². The lowest BCUT2D eigenvalue weighted by molar-refractivity contribution is 0.0831. The number of thioether (sulfide) groups is 1. The zero-order valence-corrected chi connectivity index (χ0v) is 10.9. The van der Waals surface area contributed by atoms with Crippen LogP contribution in [0.1, 0.15) is 27.7 Å². The van der Waals surface area contributed by atoms with Gasteiger partial charge in [-0.15, -0.1) is 0 Å². The third-order valence-corrected chi connectivity index (χ3v) is 3.74. The molecule has 1 aliphatic heterocycles. The summed E-state index contributed by atoms with van der Waals surface area (Å²) in [6, 6.07) is 0. The largest absolute Gasteiger partial charge is 0.377 e. The van der Waals surface area contributed by atoms with E-state index in [4.69, 9.17) is 4.74 Å². The molecule has 1 aliphatic rings. The van der Waals surface area contributed by atoms with Crippen LogP contribution in [0.5, 0.6) is 0 Å². The minimum Gasteiger partial charge on any atom is -0.377 e. The molecular formula is C11H22N2OS. The van der Waals surface area contributed by atoms with Crippen LogP contribution in [0.25, 0.3) is 0 Å². The lowest BCUT2D eigenvalue weighted by atomic mass is 10.1. The van der Waals surface area contributed by atoms with Gasteiger partial charge in [-0.1, -0.05) is 25.6 Å². The van der Waals surface area contributed by atoms with E-state index < -0.39 is 0 Å². The second-order valence-electron chi connectivity index (χ2n) is 4.39. The molecule has 0 saturated heterocycles. The number of hydrogen-bond acceptors (Lipinski definition) is 4. The Balaban J connectivity index is 2.09. The first-order chi connectivity index (χ1) is 7.09. The van der Waals surface area contributed by atoms with E-state index >= 15 is 0 Å². The summed E-state index contributed by atoms with van der Waals surface area (Å²) in [6.07, 6.45) is 0.313. The van der Waals surface area contributed by atoms with E-state index in [0.29, 0.717) is 17.3 Å². The van der Waals surface area contributed by atoms with Crippen LogP contribution in [-0.4, -0.2) is 36.2 Å². The van der Waals surface area contributed by atoms with Crippen molar-refractivity contribution in [3.05, 3.63) is 0 Å². The Morgan fingerprint density at radius 2 is 2.20 bits per heavy atom. The average Bonchev–Trinajstić information content (AvgIpc) is 2.60. The van der Waals surface area contributed by atoms with Crippen molar-refractivity contribution >= 4 is 16.9 Å². The van der Waals surface area contributed by atoms with E-state index in [0.717, 1.165) is 24.9 Å². The van der Waals surface area contributed by atoms with Crippen LogP contribution in [0.2, 0.25) is 0 Å². The number of amidine groups is 1. The Morgan fingerprint density at radius 3 is 2.73 bits per heavy atom. The van der Waals surface area contributed by atoms with E-state index in [1.807, 2.05) is 11.8 Å². The van der Waals surface area contributed by atoms with E-state index in [2.05, 4.69) is 38.0 Å². The molecule has 1 unspecified atom stereocenters. The molecule has 0 radical (unpaired) electrons. The molecule has 0 bridgehead atoms. The highest BCUT2D eigenvalue weighted by Crippen LogP contribution is 2.25. The van der Waals surface area contributed by atoms with Gasteiger partial charge in [0.05, 0.1) is 19.3 Å². The maximum absolute atomic E-state index is 5.45. The molecule has 4 heteroatoms. The second kappa shape index (κ2) is 6.38. The molecule has 1 atom stereocenters. The Kier molecular flexibility index (Phi) is 5.47. The highest BCUT2D eigenvalue weighted by Gasteiger charge is 2.21. The summed E-state index contributed by atoms with van der Waals surface area (Å²) in [7, 11) is 0. The van der Waals surface area contributed by atoms with Crippen molar-refractivity contribution in [1.82, 2.24) is 5.32 Å². The molecule has 0 saturated carbocycles. The van der Waals surface area contributed by atoms with Crippen LogP contribution < -0.4 is 5.32 Å². The molecule has 0 aromatic carbocycles.